The highest BCUT2D eigenvalue weighted by molar-refractivity contribution is 5.28. The van der Waals surface area contributed by atoms with Crippen molar-refractivity contribution < 1.29 is 0 Å². The highest BCUT2D eigenvalue weighted by atomic mass is 15.3. The zero-order chi connectivity index (χ0) is 14.5. The fraction of sp³-hybridized carbons (Fsp3) is 0.500. The zero-order valence-electron chi connectivity index (χ0n) is 12.8. The normalized spacial score (nSPS) is 11.2. The standard InChI is InChI=1S/C16H24N4/c1-5-13-10-15(6-2)20(19-13)16-9-7-8-14(18-16)11-17-12(3)4/h7-10,12,17H,5-6,11H2,1-4H3. The highest BCUT2D eigenvalue weighted by Gasteiger charge is 2.09. The maximum Gasteiger partial charge on any atom is 0.153 e. The van der Waals surface area contributed by atoms with E-state index in [0.717, 1.165) is 36.6 Å². The Labute approximate surface area is 121 Å². The molecule has 0 aliphatic rings. The molecule has 2 aromatic rings. The lowest BCUT2D eigenvalue weighted by Gasteiger charge is -2.10. The average molecular weight is 272 g/mol. The van der Waals surface area contributed by atoms with Gasteiger partial charge in [-0.25, -0.2) is 9.67 Å². The maximum absolute atomic E-state index is 4.71. The predicted molar refractivity (Wildman–Crippen MR) is 82.1 cm³/mol. The second kappa shape index (κ2) is 6.66. The fourth-order valence-electron chi connectivity index (χ4n) is 2.09. The van der Waals surface area contributed by atoms with E-state index in [2.05, 4.69) is 50.2 Å². The number of nitrogens with zero attached hydrogens (tertiary/aromatic N) is 3. The minimum absolute atomic E-state index is 0.461. The first-order valence-corrected chi connectivity index (χ1v) is 7.41. The SMILES string of the molecule is CCc1cc(CC)n(-c2cccc(CNC(C)C)n2)n1. The molecule has 108 valence electrons. The molecule has 0 saturated heterocycles. The molecular weight excluding hydrogens is 248 g/mol. The van der Waals surface area contributed by atoms with Gasteiger partial charge in [0.1, 0.15) is 0 Å². The number of hydrogen-bond donors (Lipinski definition) is 1. The lowest BCUT2D eigenvalue weighted by molar-refractivity contribution is 0.580. The largest absolute Gasteiger partial charge is 0.309 e. The van der Waals surface area contributed by atoms with Crippen molar-refractivity contribution in [3.63, 3.8) is 0 Å². The maximum atomic E-state index is 4.71. The molecule has 20 heavy (non-hydrogen) atoms. The summed E-state index contributed by atoms with van der Waals surface area (Å²) in [5, 5.41) is 8.03. The van der Waals surface area contributed by atoms with Crippen LogP contribution in [-0.2, 0) is 19.4 Å². The monoisotopic (exact) mass is 272 g/mol. The summed E-state index contributed by atoms with van der Waals surface area (Å²) in [6, 6.07) is 8.75. The molecule has 2 heterocycles. The van der Waals surface area contributed by atoms with Crippen molar-refractivity contribution in [1.82, 2.24) is 20.1 Å². The minimum Gasteiger partial charge on any atom is -0.309 e. The molecule has 4 nitrogen and oxygen atoms in total. The number of hydrogen-bond acceptors (Lipinski definition) is 3. The average Bonchev–Trinajstić information content (AvgIpc) is 2.89. The molecular formula is C16H24N4. The fourth-order valence-corrected chi connectivity index (χ4v) is 2.09. The number of nitrogens with one attached hydrogen (secondary N) is 1. The molecule has 0 fully saturated rings. The van der Waals surface area contributed by atoms with Crippen LogP contribution < -0.4 is 5.32 Å². The smallest absolute Gasteiger partial charge is 0.153 e. The number of aryl methyl sites for hydroxylation is 2. The van der Waals surface area contributed by atoms with Crippen LogP contribution in [-0.4, -0.2) is 20.8 Å². The number of rotatable bonds is 6. The van der Waals surface area contributed by atoms with Crippen LogP contribution >= 0.6 is 0 Å². The van der Waals surface area contributed by atoms with Crippen molar-refractivity contribution >= 4 is 0 Å². The van der Waals surface area contributed by atoms with Gasteiger partial charge < -0.3 is 5.32 Å². The number of aromatic nitrogens is 3. The molecule has 0 aliphatic heterocycles. The molecule has 0 bridgehead atoms. The van der Waals surface area contributed by atoms with Gasteiger partial charge in [0.2, 0.25) is 0 Å². The highest BCUT2D eigenvalue weighted by Crippen LogP contribution is 2.13. The van der Waals surface area contributed by atoms with Crippen LogP contribution in [0.25, 0.3) is 5.82 Å². The van der Waals surface area contributed by atoms with Crippen molar-refractivity contribution in [2.75, 3.05) is 0 Å². The summed E-state index contributed by atoms with van der Waals surface area (Å²) in [5.74, 6) is 0.907. The van der Waals surface area contributed by atoms with E-state index in [1.807, 2.05) is 16.8 Å². The Morgan fingerprint density at radius 2 is 1.95 bits per heavy atom. The first-order chi connectivity index (χ1) is 9.63. The van der Waals surface area contributed by atoms with E-state index in [-0.39, 0.29) is 0 Å². The molecule has 0 atom stereocenters. The van der Waals surface area contributed by atoms with Crippen LogP contribution in [0.4, 0.5) is 0 Å². The quantitative estimate of drug-likeness (QED) is 0.879. The summed E-state index contributed by atoms with van der Waals surface area (Å²) in [4.78, 5) is 4.71. The van der Waals surface area contributed by atoms with Crippen LogP contribution in [0.2, 0.25) is 0 Å². The molecule has 2 aromatic heterocycles. The van der Waals surface area contributed by atoms with Crippen LogP contribution in [0.1, 0.15) is 44.8 Å². The van der Waals surface area contributed by atoms with E-state index in [1.165, 1.54) is 5.69 Å². The summed E-state index contributed by atoms with van der Waals surface area (Å²) >= 11 is 0. The van der Waals surface area contributed by atoms with E-state index in [4.69, 9.17) is 4.98 Å². The molecule has 0 saturated carbocycles. The van der Waals surface area contributed by atoms with Crippen LogP contribution in [0, 0.1) is 0 Å². The summed E-state index contributed by atoms with van der Waals surface area (Å²) in [5.41, 5.74) is 3.38. The Balaban J connectivity index is 2.28. The first-order valence-electron chi connectivity index (χ1n) is 7.41. The van der Waals surface area contributed by atoms with E-state index in [1.54, 1.807) is 0 Å². The first kappa shape index (κ1) is 14.7. The Morgan fingerprint density at radius 1 is 1.15 bits per heavy atom. The van der Waals surface area contributed by atoms with E-state index in [0.29, 0.717) is 6.04 Å². The van der Waals surface area contributed by atoms with Crippen molar-refractivity contribution in [3.8, 4) is 5.82 Å². The Morgan fingerprint density at radius 3 is 2.60 bits per heavy atom. The van der Waals surface area contributed by atoms with Crippen LogP contribution in [0.3, 0.4) is 0 Å². The second-order valence-corrected chi connectivity index (χ2v) is 5.27. The van der Waals surface area contributed by atoms with Crippen molar-refractivity contribution in [3.05, 3.63) is 41.3 Å². The van der Waals surface area contributed by atoms with E-state index < -0.39 is 0 Å². The van der Waals surface area contributed by atoms with Gasteiger partial charge >= 0.3 is 0 Å². The van der Waals surface area contributed by atoms with Gasteiger partial charge in [0.15, 0.2) is 5.82 Å². The summed E-state index contributed by atoms with van der Waals surface area (Å²) in [7, 11) is 0. The Kier molecular flexibility index (Phi) is 4.90. The lowest BCUT2D eigenvalue weighted by Crippen LogP contribution is -2.22. The summed E-state index contributed by atoms with van der Waals surface area (Å²) in [6.45, 7) is 9.34. The molecule has 4 heteroatoms. The van der Waals surface area contributed by atoms with Crippen molar-refractivity contribution in [2.45, 2.75) is 53.1 Å². The summed E-state index contributed by atoms with van der Waals surface area (Å²) in [6.07, 6.45) is 1.91. The lowest BCUT2D eigenvalue weighted by atomic mass is 10.2. The van der Waals surface area contributed by atoms with Gasteiger partial charge in [-0.2, -0.15) is 5.10 Å². The van der Waals surface area contributed by atoms with Gasteiger partial charge in [0.05, 0.1) is 11.4 Å². The molecule has 0 aliphatic carbocycles. The number of pyridine rings is 1. The van der Waals surface area contributed by atoms with Gasteiger partial charge in [-0.3, -0.25) is 0 Å². The van der Waals surface area contributed by atoms with Gasteiger partial charge in [0, 0.05) is 18.3 Å². The third-order valence-electron chi connectivity index (χ3n) is 3.26. The summed E-state index contributed by atoms with van der Waals surface area (Å²) < 4.78 is 1.97. The van der Waals surface area contributed by atoms with Crippen molar-refractivity contribution in [1.29, 1.82) is 0 Å². The van der Waals surface area contributed by atoms with Crippen molar-refractivity contribution in [2.24, 2.45) is 0 Å². The van der Waals surface area contributed by atoms with Gasteiger partial charge in [-0.1, -0.05) is 33.8 Å². The van der Waals surface area contributed by atoms with Crippen LogP contribution in [0.15, 0.2) is 24.3 Å². The minimum atomic E-state index is 0.461. The molecule has 0 unspecified atom stereocenters. The van der Waals surface area contributed by atoms with Crippen LogP contribution in [0.5, 0.6) is 0 Å². The van der Waals surface area contributed by atoms with Gasteiger partial charge in [-0.05, 0) is 31.0 Å². The van der Waals surface area contributed by atoms with E-state index >= 15 is 0 Å². The van der Waals surface area contributed by atoms with Gasteiger partial charge in [0.25, 0.3) is 0 Å². The molecule has 0 amide bonds. The van der Waals surface area contributed by atoms with Gasteiger partial charge in [-0.15, -0.1) is 0 Å². The second-order valence-electron chi connectivity index (χ2n) is 5.27. The zero-order valence-corrected chi connectivity index (χ0v) is 12.8. The molecule has 0 spiro atoms. The molecule has 0 radical (unpaired) electrons. The topological polar surface area (TPSA) is 42.7 Å². The molecule has 1 N–H and O–H groups in total. The Hall–Kier alpha value is -1.68. The molecule has 0 aromatic carbocycles. The Bertz CT molecular complexity index is 557. The predicted octanol–water partition coefficient (Wildman–Crippen LogP) is 2.89. The third-order valence-corrected chi connectivity index (χ3v) is 3.26. The molecule has 2 rings (SSSR count). The third kappa shape index (κ3) is 3.45. The van der Waals surface area contributed by atoms with E-state index in [9.17, 15) is 0 Å².